The minimum absolute atomic E-state index is 0.111. The summed E-state index contributed by atoms with van der Waals surface area (Å²) in [7, 11) is 0. The molecule has 0 saturated heterocycles. The minimum atomic E-state index is -0.111. The number of aryl methyl sites for hydroxylation is 2. The summed E-state index contributed by atoms with van der Waals surface area (Å²) in [6, 6.07) is 6.74. The Morgan fingerprint density at radius 1 is 0.893 bits per heavy atom. The highest BCUT2D eigenvalue weighted by molar-refractivity contribution is 5.77. The SMILES string of the molecule is Cc1cc(CCCCN)cc(C2=CC(OCCCN)=CC(OCCCN)[CH]2)c1. The topological polar surface area (TPSA) is 96.5 Å². The van der Waals surface area contributed by atoms with E-state index < -0.39 is 0 Å². The van der Waals surface area contributed by atoms with E-state index in [1.807, 2.05) is 6.08 Å². The smallest absolute Gasteiger partial charge is 0.118 e. The Morgan fingerprint density at radius 3 is 2.39 bits per heavy atom. The summed E-state index contributed by atoms with van der Waals surface area (Å²) in [5.74, 6) is 0.842. The second-order valence-corrected chi connectivity index (χ2v) is 7.26. The van der Waals surface area contributed by atoms with Gasteiger partial charge in [0.05, 0.1) is 12.7 Å². The monoisotopic (exact) mass is 386 g/mol. The van der Waals surface area contributed by atoms with E-state index in [1.54, 1.807) is 0 Å². The molecule has 1 radical (unpaired) electrons. The number of rotatable bonds is 13. The normalized spacial score (nSPS) is 16.6. The van der Waals surface area contributed by atoms with Gasteiger partial charge in [0, 0.05) is 13.0 Å². The van der Waals surface area contributed by atoms with Gasteiger partial charge in [-0.25, -0.2) is 0 Å². The molecule has 6 N–H and O–H groups in total. The quantitative estimate of drug-likeness (QED) is 0.453. The molecule has 0 aliphatic heterocycles. The number of hydrogen-bond acceptors (Lipinski definition) is 5. The number of benzene rings is 1. The highest BCUT2D eigenvalue weighted by atomic mass is 16.5. The van der Waals surface area contributed by atoms with Crippen molar-refractivity contribution >= 4 is 5.57 Å². The summed E-state index contributed by atoms with van der Waals surface area (Å²) >= 11 is 0. The zero-order chi connectivity index (χ0) is 20.2. The molecule has 1 aliphatic rings. The third-order valence-corrected chi connectivity index (χ3v) is 4.64. The summed E-state index contributed by atoms with van der Waals surface area (Å²) in [6.07, 6.45) is 11.1. The molecule has 28 heavy (non-hydrogen) atoms. The minimum Gasteiger partial charge on any atom is -0.494 e. The number of unbranched alkanes of at least 4 members (excludes halogenated alkanes) is 1. The number of allylic oxidation sites excluding steroid dienone is 1. The molecule has 0 saturated carbocycles. The second kappa shape index (κ2) is 12.7. The van der Waals surface area contributed by atoms with Gasteiger partial charge in [-0.1, -0.05) is 23.8 Å². The van der Waals surface area contributed by atoms with Crippen LogP contribution >= 0.6 is 0 Å². The molecule has 1 unspecified atom stereocenters. The van der Waals surface area contributed by atoms with Gasteiger partial charge in [0.25, 0.3) is 0 Å². The molecule has 0 aromatic heterocycles. The molecule has 5 nitrogen and oxygen atoms in total. The van der Waals surface area contributed by atoms with Gasteiger partial charge in [-0.05, 0) is 87.5 Å². The van der Waals surface area contributed by atoms with E-state index in [0.29, 0.717) is 26.3 Å². The van der Waals surface area contributed by atoms with Gasteiger partial charge in [0.15, 0.2) is 0 Å². The lowest BCUT2D eigenvalue weighted by molar-refractivity contribution is 0.102. The Bertz CT molecular complexity index is 655. The fourth-order valence-electron chi connectivity index (χ4n) is 3.23. The van der Waals surface area contributed by atoms with Gasteiger partial charge in [0.1, 0.15) is 5.76 Å². The summed E-state index contributed by atoms with van der Waals surface area (Å²) < 4.78 is 11.9. The molecule has 0 heterocycles. The molecule has 0 spiro atoms. The summed E-state index contributed by atoms with van der Waals surface area (Å²) in [4.78, 5) is 0. The maximum atomic E-state index is 5.98. The molecule has 5 heteroatoms. The predicted octanol–water partition coefficient (Wildman–Crippen LogP) is 2.86. The zero-order valence-electron chi connectivity index (χ0n) is 17.2. The molecule has 1 aromatic carbocycles. The van der Waals surface area contributed by atoms with E-state index in [9.17, 15) is 0 Å². The van der Waals surface area contributed by atoms with Gasteiger partial charge < -0.3 is 26.7 Å². The van der Waals surface area contributed by atoms with Crippen LogP contribution in [0.15, 0.2) is 36.1 Å². The molecule has 1 aromatic rings. The Morgan fingerprint density at radius 2 is 1.64 bits per heavy atom. The lowest BCUT2D eigenvalue weighted by atomic mass is 9.91. The van der Waals surface area contributed by atoms with Gasteiger partial charge in [-0.2, -0.15) is 0 Å². The Balaban J connectivity index is 2.17. The van der Waals surface area contributed by atoms with Crippen molar-refractivity contribution < 1.29 is 9.47 Å². The van der Waals surface area contributed by atoms with Crippen molar-refractivity contribution in [3.8, 4) is 0 Å². The van der Waals surface area contributed by atoms with Crippen molar-refractivity contribution in [1.29, 1.82) is 0 Å². The first-order chi connectivity index (χ1) is 13.7. The van der Waals surface area contributed by atoms with Crippen LogP contribution in [-0.2, 0) is 15.9 Å². The number of ether oxygens (including phenoxy) is 2. The average molecular weight is 387 g/mol. The standard InChI is InChI=1S/C23H36N3O2/c1-18-12-19(6-2-3-7-24)14-20(13-18)21-15-22(27-10-4-8-25)17-23(16-21)28-11-5-9-26/h12-17,22H,2-11,24-26H2,1H3. The summed E-state index contributed by atoms with van der Waals surface area (Å²) in [6.45, 7) is 5.38. The Labute approximate surface area is 169 Å². The maximum absolute atomic E-state index is 5.98. The average Bonchev–Trinajstić information content (AvgIpc) is 2.68. The van der Waals surface area contributed by atoms with Gasteiger partial charge in [-0.15, -0.1) is 0 Å². The first kappa shape index (κ1) is 22.6. The van der Waals surface area contributed by atoms with Gasteiger partial charge in [0.2, 0.25) is 0 Å². The fourth-order valence-corrected chi connectivity index (χ4v) is 3.23. The van der Waals surface area contributed by atoms with Crippen molar-refractivity contribution in [2.45, 2.75) is 45.1 Å². The summed E-state index contributed by atoms with van der Waals surface area (Å²) in [5, 5.41) is 0. The first-order valence-corrected chi connectivity index (χ1v) is 10.4. The van der Waals surface area contributed by atoms with Crippen molar-refractivity contribution in [2.24, 2.45) is 17.2 Å². The van der Waals surface area contributed by atoms with Crippen LogP contribution in [0.1, 0.15) is 42.4 Å². The first-order valence-electron chi connectivity index (χ1n) is 10.4. The van der Waals surface area contributed by atoms with Crippen LogP contribution in [0.3, 0.4) is 0 Å². The van der Waals surface area contributed by atoms with Crippen molar-refractivity contribution in [2.75, 3.05) is 32.8 Å². The molecular formula is C23H36N3O2. The Kier molecular flexibility index (Phi) is 10.3. The van der Waals surface area contributed by atoms with Crippen molar-refractivity contribution in [3.05, 3.63) is 59.2 Å². The van der Waals surface area contributed by atoms with E-state index in [0.717, 1.165) is 50.0 Å². The number of hydrogen-bond donors (Lipinski definition) is 3. The van der Waals surface area contributed by atoms with E-state index in [4.69, 9.17) is 26.7 Å². The lowest BCUT2D eigenvalue weighted by Crippen LogP contribution is -2.18. The third-order valence-electron chi connectivity index (χ3n) is 4.64. The van der Waals surface area contributed by atoms with Crippen LogP contribution < -0.4 is 17.2 Å². The van der Waals surface area contributed by atoms with E-state index in [-0.39, 0.29) is 6.10 Å². The Hall–Kier alpha value is -1.66. The molecular weight excluding hydrogens is 350 g/mol. The fraction of sp³-hybridized carbons (Fsp3) is 0.522. The van der Waals surface area contributed by atoms with E-state index in [2.05, 4.69) is 37.6 Å². The molecule has 1 atom stereocenters. The van der Waals surface area contributed by atoms with Crippen LogP contribution in [0.5, 0.6) is 0 Å². The zero-order valence-corrected chi connectivity index (χ0v) is 17.2. The van der Waals surface area contributed by atoms with Crippen LogP contribution in [0.4, 0.5) is 0 Å². The van der Waals surface area contributed by atoms with Gasteiger partial charge >= 0.3 is 0 Å². The molecule has 155 valence electrons. The molecule has 2 rings (SSSR count). The number of nitrogens with two attached hydrogens (primary N) is 3. The van der Waals surface area contributed by atoms with E-state index in [1.165, 1.54) is 16.7 Å². The van der Waals surface area contributed by atoms with E-state index >= 15 is 0 Å². The highest BCUT2D eigenvalue weighted by Gasteiger charge is 2.19. The van der Waals surface area contributed by atoms with Crippen LogP contribution in [-0.4, -0.2) is 39.0 Å². The van der Waals surface area contributed by atoms with Crippen molar-refractivity contribution in [1.82, 2.24) is 0 Å². The van der Waals surface area contributed by atoms with Crippen LogP contribution in [0.2, 0.25) is 0 Å². The molecule has 1 aliphatic carbocycles. The lowest BCUT2D eigenvalue weighted by Gasteiger charge is -2.23. The maximum Gasteiger partial charge on any atom is 0.118 e. The van der Waals surface area contributed by atoms with Gasteiger partial charge in [-0.3, -0.25) is 0 Å². The highest BCUT2D eigenvalue weighted by Crippen LogP contribution is 2.29. The summed E-state index contributed by atoms with van der Waals surface area (Å²) in [5.41, 5.74) is 21.8. The van der Waals surface area contributed by atoms with Crippen LogP contribution in [0, 0.1) is 13.3 Å². The molecule has 0 fully saturated rings. The molecule has 0 amide bonds. The van der Waals surface area contributed by atoms with Crippen LogP contribution in [0.25, 0.3) is 5.57 Å². The predicted molar refractivity (Wildman–Crippen MR) is 117 cm³/mol. The molecule has 0 bridgehead atoms. The largest absolute Gasteiger partial charge is 0.494 e. The second-order valence-electron chi connectivity index (χ2n) is 7.26. The van der Waals surface area contributed by atoms with Crippen molar-refractivity contribution in [3.63, 3.8) is 0 Å². The third kappa shape index (κ3) is 7.76.